The van der Waals surface area contributed by atoms with Crippen molar-refractivity contribution in [2.45, 2.75) is 51.0 Å². The second kappa shape index (κ2) is 6.11. The van der Waals surface area contributed by atoms with Gasteiger partial charge in [-0.15, -0.1) is 0 Å². The summed E-state index contributed by atoms with van der Waals surface area (Å²) in [6, 6.07) is 1.69. The smallest absolute Gasteiger partial charge is 0.329 e. The molecule has 0 spiro atoms. The highest BCUT2D eigenvalue weighted by Crippen LogP contribution is 2.32. The first kappa shape index (κ1) is 15.3. The van der Waals surface area contributed by atoms with E-state index in [4.69, 9.17) is 5.73 Å². The van der Waals surface area contributed by atoms with Crippen molar-refractivity contribution in [3.05, 3.63) is 23.4 Å². The average molecular weight is 291 g/mol. The molecule has 1 aliphatic carbocycles. The van der Waals surface area contributed by atoms with Crippen LogP contribution in [0.4, 0.5) is 5.82 Å². The summed E-state index contributed by atoms with van der Waals surface area (Å²) in [5.74, 6) is -1.23. The second-order valence-corrected chi connectivity index (χ2v) is 5.64. The molecule has 1 aromatic rings. The van der Waals surface area contributed by atoms with Crippen molar-refractivity contribution in [2.24, 2.45) is 5.73 Å². The van der Waals surface area contributed by atoms with Gasteiger partial charge >= 0.3 is 5.97 Å². The van der Waals surface area contributed by atoms with E-state index in [0.29, 0.717) is 18.4 Å². The molecule has 0 saturated heterocycles. The molecule has 1 amide bonds. The third kappa shape index (κ3) is 3.15. The normalized spacial score (nSPS) is 17.8. The number of aromatic nitrogens is 1. The van der Waals surface area contributed by atoms with Crippen LogP contribution in [-0.4, -0.2) is 27.5 Å². The first-order valence-corrected chi connectivity index (χ1v) is 7.23. The number of pyridine rings is 1. The number of nitrogens with two attached hydrogens (primary N) is 1. The first-order chi connectivity index (χ1) is 9.96. The van der Waals surface area contributed by atoms with E-state index in [-0.39, 0.29) is 11.4 Å². The first-order valence-electron chi connectivity index (χ1n) is 7.23. The van der Waals surface area contributed by atoms with Crippen LogP contribution in [0, 0.1) is 6.92 Å². The van der Waals surface area contributed by atoms with E-state index in [9.17, 15) is 14.7 Å². The van der Waals surface area contributed by atoms with Crippen molar-refractivity contribution >= 4 is 17.7 Å². The van der Waals surface area contributed by atoms with Crippen LogP contribution in [0.2, 0.25) is 0 Å². The molecule has 6 heteroatoms. The van der Waals surface area contributed by atoms with Gasteiger partial charge in [0.15, 0.2) is 0 Å². The molecule has 114 valence electrons. The topological polar surface area (TPSA) is 105 Å². The molecule has 6 nitrogen and oxygen atoms in total. The van der Waals surface area contributed by atoms with Gasteiger partial charge in [-0.05, 0) is 31.4 Å². The highest BCUT2D eigenvalue weighted by molar-refractivity contribution is 5.99. The van der Waals surface area contributed by atoms with Gasteiger partial charge in [0, 0.05) is 6.20 Å². The summed E-state index contributed by atoms with van der Waals surface area (Å²) in [6.07, 6.45) is 6.35. The summed E-state index contributed by atoms with van der Waals surface area (Å²) in [5.41, 5.74) is 5.29. The number of amides is 1. The molecule has 0 bridgehead atoms. The summed E-state index contributed by atoms with van der Waals surface area (Å²) in [6.45, 7) is 1.76. The van der Waals surface area contributed by atoms with Gasteiger partial charge in [-0.1, -0.05) is 25.7 Å². The lowest BCUT2D eigenvalue weighted by molar-refractivity contribution is -0.142. The Morgan fingerprint density at radius 3 is 2.43 bits per heavy atom. The number of carboxylic acid groups (broad SMARTS) is 1. The molecule has 2 rings (SSSR count). The van der Waals surface area contributed by atoms with Gasteiger partial charge in [0.05, 0.1) is 5.56 Å². The number of carboxylic acids is 1. The molecule has 0 atom stereocenters. The number of nitrogens with zero attached hydrogens (tertiary/aromatic N) is 1. The molecule has 1 aliphatic rings. The SMILES string of the molecule is Cc1ccnc(NC2(C(=O)O)CCCCCC2)c1C(N)=O. The lowest BCUT2D eigenvalue weighted by Crippen LogP contribution is -2.46. The van der Waals surface area contributed by atoms with Crippen molar-refractivity contribution in [3.8, 4) is 0 Å². The lowest BCUT2D eigenvalue weighted by atomic mass is 9.90. The molecule has 0 radical (unpaired) electrons. The van der Waals surface area contributed by atoms with Gasteiger partial charge in [-0.2, -0.15) is 0 Å². The molecule has 4 N–H and O–H groups in total. The Morgan fingerprint density at radius 1 is 1.29 bits per heavy atom. The number of carbonyl (C=O) groups excluding carboxylic acids is 1. The van der Waals surface area contributed by atoms with Gasteiger partial charge in [0.2, 0.25) is 0 Å². The summed E-state index contributed by atoms with van der Waals surface area (Å²) in [7, 11) is 0. The van der Waals surface area contributed by atoms with Crippen LogP contribution in [0.25, 0.3) is 0 Å². The number of carbonyl (C=O) groups is 2. The Morgan fingerprint density at radius 2 is 1.90 bits per heavy atom. The lowest BCUT2D eigenvalue weighted by Gasteiger charge is -2.30. The van der Waals surface area contributed by atoms with E-state index >= 15 is 0 Å². The van der Waals surface area contributed by atoms with Gasteiger partial charge in [0.25, 0.3) is 5.91 Å². The maximum Gasteiger partial charge on any atom is 0.329 e. The van der Waals surface area contributed by atoms with Crippen molar-refractivity contribution in [1.29, 1.82) is 0 Å². The fraction of sp³-hybridized carbons (Fsp3) is 0.533. The molecule has 0 aliphatic heterocycles. The van der Waals surface area contributed by atoms with Crippen LogP contribution in [0.1, 0.15) is 54.4 Å². The standard InChI is InChI=1S/C15H21N3O3/c1-10-6-9-17-13(11(10)12(16)19)18-15(14(20)21)7-4-2-3-5-8-15/h6,9H,2-5,7-8H2,1H3,(H2,16,19)(H,17,18)(H,20,21). The van der Waals surface area contributed by atoms with E-state index in [1.165, 1.54) is 0 Å². The molecule has 21 heavy (non-hydrogen) atoms. The molecule has 0 unspecified atom stereocenters. The molecule has 0 aromatic carbocycles. The van der Waals surface area contributed by atoms with Crippen LogP contribution in [0.5, 0.6) is 0 Å². The fourth-order valence-corrected chi connectivity index (χ4v) is 2.92. The highest BCUT2D eigenvalue weighted by atomic mass is 16.4. The number of nitrogens with one attached hydrogen (secondary N) is 1. The fourth-order valence-electron chi connectivity index (χ4n) is 2.92. The minimum atomic E-state index is -1.07. The number of rotatable bonds is 4. The molecular weight excluding hydrogens is 270 g/mol. The zero-order chi connectivity index (χ0) is 15.5. The van der Waals surface area contributed by atoms with Crippen LogP contribution >= 0.6 is 0 Å². The number of anilines is 1. The van der Waals surface area contributed by atoms with Gasteiger partial charge in [0.1, 0.15) is 11.4 Å². The van der Waals surface area contributed by atoms with Gasteiger partial charge < -0.3 is 16.2 Å². The van der Waals surface area contributed by atoms with E-state index in [1.54, 1.807) is 19.2 Å². The van der Waals surface area contributed by atoms with Crippen LogP contribution in [0.15, 0.2) is 12.3 Å². The van der Waals surface area contributed by atoms with Crippen molar-refractivity contribution in [1.82, 2.24) is 4.98 Å². The monoisotopic (exact) mass is 291 g/mol. The number of hydrogen-bond acceptors (Lipinski definition) is 4. The third-order valence-corrected chi connectivity index (χ3v) is 4.13. The Labute approximate surface area is 123 Å². The maximum absolute atomic E-state index is 11.8. The predicted molar refractivity (Wildman–Crippen MR) is 79.2 cm³/mol. The minimum absolute atomic E-state index is 0.266. The van der Waals surface area contributed by atoms with E-state index < -0.39 is 17.4 Å². The van der Waals surface area contributed by atoms with Crippen molar-refractivity contribution < 1.29 is 14.7 Å². The molecule has 1 heterocycles. The van der Waals surface area contributed by atoms with Gasteiger partial charge in [-0.3, -0.25) is 4.79 Å². The minimum Gasteiger partial charge on any atom is -0.480 e. The Hall–Kier alpha value is -2.11. The Bertz CT molecular complexity index is 549. The van der Waals surface area contributed by atoms with E-state index in [2.05, 4.69) is 10.3 Å². The number of aryl methyl sites for hydroxylation is 1. The second-order valence-electron chi connectivity index (χ2n) is 5.64. The largest absolute Gasteiger partial charge is 0.480 e. The summed E-state index contributed by atoms with van der Waals surface area (Å²) >= 11 is 0. The van der Waals surface area contributed by atoms with Crippen LogP contribution in [0.3, 0.4) is 0 Å². The highest BCUT2D eigenvalue weighted by Gasteiger charge is 2.39. The molecule has 1 saturated carbocycles. The zero-order valence-electron chi connectivity index (χ0n) is 12.2. The van der Waals surface area contributed by atoms with Gasteiger partial charge in [-0.25, -0.2) is 9.78 Å². The summed E-state index contributed by atoms with van der Waals surface area (Å²) in [4.78, 5) is 27.6. The number of aliphatic carboxylic acids is 1. The van der Waals surface area contributed by atoms with E-state index in [1.807, 2.05) is 0 Å². The predicted octanol–water partition coefficient (Wildman–Crippen LogP) is 2.08. The number of hydrogen-bond donors (Lipinski definition) is 3. The molecule has 1 aromatic heterocycles. The van der Waals surface area contributed by atoms with Crippen LogP contribution in [-0.2, 0) is 4.79 Å². The zero-order valence-corrected chi connectivity index (χ0v) is 12.2. The summed E-state index contributed by atoms with van der Waals surface area (Å²) < 4.78 is 0. The summed E-state index contributed by atoms with van der Waals surface area (Å²) in [5, 5.41) is 12.7. The number of primary amides is 1. The molecular formula is C15H21N3O3. The molecule has 1 fully saturated rings. The maximum atomic E-state index is 11.8. The Kier molecular flexibility index (Phi) is 4.45. The van der Waals surface area contributed by atoms with E-state index in [0.717, 1.165) is 25.7 Å². The van der Waals surface area contributed by atoms with Crippen LogP contribution < -0.4 is 11.1 Å². The third-order valence-electron chi connectivity index (χ3n) is 4.13. The van der Waals surface area contributed by atoms with Crippen molar-refractivity contribution in [3.63, 3.8) is 0 Å². The van der Waals surface area contributed by atoms with Crippen molar-refractivity contribution in [2.75, 3.05) is 5.32 Å². The quantitative estimate of drug-likeness (QED) is 0.736. The average Bonchev–Trinajstić information content (AvgIpc) is 2.65. The Balaban J connectivity index is 2.40.